The maximum atomic E-state index is 9.49. The second kappa shape index (κ2) is 9.12. The van der Waals surface area contributed by atoms with Crippen molar-refractivity contribution >= 4 is 17.3 Å². The van der Waals surface area contributed by atoms with Crippen molar-refractivity contribution in [3.8, 4) is 17.9 Å². The summed E-state index contributed by atoms with van der Waals surface area (Å²) in [5.74, 6) is 2.71. The molecule has 1 atom stereocenters. The number of likely N-dealkylation sites (tertiary alicyclic amines) is 1. The summed E-state index contributed by atoms with van der Waals surface area (Å²) in [5.41, 5.74) is 13.5. The van der Waals surface area contributed by atoms with E-state index in [9.17, 15) is 10.5 Å². The lowest BCUT2D eigenvalue weighted by Gasteiger charge is -2.43. The highest BCUT2D eigenvalue weighted by Crippen LogP contribution is 2.38. The molecule has 1 unspecified atom stereocenters. The number of hydrogen-bond donors (Lipinski definition) is 1. The Balaban J connectivity index is 1.44. The van der Waals surface area contributed by atoms with Crippen LogP contribution in [-0.2, 0) is 12.2 Å². The van der Waals surface area contributed by atoms with Crippen LogP contribution in [0.5, 0.6) is 5.75 Å². The molecule has 162 valence electrons. The van der Waals surface area contributed by atoms with E-state index < -0.39 is 0 Å². The van der Waals surface area contributed by atoms with Crippen molar-refractivity contribution in [2.75, 3.05) is 18.8 Å². The standard InChI is InChI=1S/C26H26N4OS/c1-16-4-5-20(10-21(16)12-28)26(29)18(3)30-13-22(14-30)31-24-7-6-19-8-9-32-15-23(19)25(24)17(2)11-27/h4-7,10,22,26H,2-3,8-9,13-15,29H2,1H3. The summed E-state index contributed by atoms with van der Waals surface area (Å²) in [7, 11) is 0. The molecule has 0 saturated carbocycles. The van der Waals surface area contributed by atoms with Crippen molar-refractivity contribution in [2.45, 2.75) is 31.2 Å². The molecule has 4 rings (SSSR count). The highest BCUT2D eigenvalue weighted by Gasteiger charge is 2.33. The van der Waals surface area contributed by atoms with Gasteiger partial charge in [-0.2, -0.15) is 22.3 Å². The van der Waals surface area contributed by atoms with Crippen molar-refractivity contribution in [2.24, 2.45) is 5.73 Å². The molecule has 2 aliphatic rings. The average molecular weight is 443 g/mol. The summed E-state index contributed by atoms with van der Waals surface area (Å²) >= 11 is 1.88. The van der Waals surface area contributed by atoms with Gasteiger partial charge in [-0.15, -0.1) is 0 Å². The SMILES string of the molecule is C=C(C#N)c1c(OC2CN(C(=C)C(N)c3ccc(C)c(C#N)c3)C2)ccc2c1CSCC2. The summed E-state index contributed by atoms with van der Waals surface area (Å²) in [6, 6.07) is 13.8. The summed E-state index contributed by atoms with van der Waals surface area (Å²) in [6.45, 7) is 11.4. The number of hydrogen-bond acceptors (Lipinski definition) is 6. The minimum Gasteiger partial charge on any atom is -0.486 e. The van der Waals surface area contributed by atoms with Crippen LogP contribution < -0.4 is 10.5 Å². The van der Waals surface area contributed by atoms with Crippen molar-refractivity contribution in [1.82, 2.24) is 4.90 Å². The van der Waals surface area contributed by atoms with Gasteiger partial charge in [-0.3, -0.25) is 0 Å². The van der Waals surface area contributed by atoms with Gasteiger partial charge in [-0.1, -0.05) is 31.4 Å². The topological polar surface area (TPSA) is 86.1 Å². The van der Waals surface area contributed by atoms with Crippen LogP contribution in [0.15, 0.2) is 49.2 Å². The van der Waals surface area contributed by atoms with Gasteiger partial charge in [0.15, 0.2) is 0 Å². The monoisotopic (exact) mass is 442 g/mol. The first kappa shape index (κ1) is 22.0. The zero-order valence-corrected chi connectivity index (χ0v) is 19.0. The first-order valence-corrected chi connectivity index (χ1v) is 11.8. The maximum absolute atomic E-state index is 9.49. The van der Waals surface area contributed by atoms with Gasteiger partial charge in [0.05, 0.1) is 42.4 Å². The number of nitrogens with zero attached hydrogens (tertiary/aromatic N) is 3. The number of fused-ring (bicyclic) bond motifs is 1. The van der Waals surface area contributed by atoms with Gasteiger partial charge in [-0.25, -0.2) is 0 Å². The van der Waals surface area contributed by atoms with Gasteiger partial charge in [-0.05, 0) is 53.5 Å². The Morgan fingerprint density at radius 3 is 2.75 bits per heavy atom. The van der Waals surface area contributed by atoms with Crippen LogP contribution in [-0.4, -0.2) is 29.8 Å². The van der Waals surface area contributed by atoms with E-state index in [0.717, 1.165) is 46.1 Å². The zero-order valence-electron chi connectivity index (χ0n) is 18.2. The van der Waals surface area contributed by atoms with E-state index in [0.29, 0.717) is 24.2 Å². The Hall–Kier alpha value is -3.19. The lowest BCUT2D eigenvalue weighted by atomic mass is 9.94. The van der Waals surface area contributed by atoms with Crippen LogP contribution in [0.4, 0.5) is 0 Å². The van der Waals surface area contributed by atoms with E-state index in [-0.39, 0.29) is 12.1 Å². The van der Waals surface area contributed by atoms with Gasteiger partial charge in [0.25, 0.3) is 0 Å². The van der Waals surface area contributed by atoms with Gasteiger partial charge >= 0.3 is 0 Å². The zero-order chi connectivity index (χ0) is 22.8. The minimum absolute atomic E-state index is 0.00817. The number of ether oxygens (including phenoxy) is 1. The van der Waals surface area contributed by atoms with Crippen molar-refractivity contribution in [1.29, 1.82) is 10.5 Å². The molecule has 2 aromatic carbocycles. The Labute approximate surface area is 193 Å². The number of benzene rings is 2. The Morgan fingerprint density at radius 1 is 1.25 bits per heavy atom. The van der Waals surface area contributed by atoms with Crippen LogP contribution in [0.1, 0.15) is 39.4 Å². The first-order valence-electron chi connectivity index (χ1n) is 10.6. The molecule has 2 aromatic rings. The molecule has 6 heteroatoms. The predicted molar refractivity (Wildman–Crippen MR) is 129 cm³/mol. The van der Waals surface area contributed by atoms with Crippen molar-refractivity contribution < 1.29 is 4.74 Å². The smallest absolute Gasteiger partial charge is 0.133 e. The Kier molecular flexibility index (Phi) is 6.28. The summed E-state index contributed by atoms with van der Waals surface area (Å²) < 4.78 is 6.30. The molecule has 0 spiro atoms. The molecule has 5 nitrogen and oxygen atoms in total. The summed E-state index contributed by atoms with van der Waals surface area (Å²) in [6.07, 6.45) is 0.999. The average Bonchev–Trinajstić information content (AvgIpc) is 2.79. The van der Waals surface area contributed by atoms with E-state index in [1.807, 2.05) is 43.0 Å². The van der Waals surface area contributed by atoms with E-state index in [2.05, 4.69) is 36.3 Å². The predicted octanol–water partition coefficient (Wildman–Crippen LogP) is 4.47. The van der Waals surface area contributed by atoms with Crippen LogP contribution in [0, 0.1) is 29.6 Å². The minimum atomic E-state index is -0.377. The van der Waals surface area contributed by atoms with Gasteiger partial charge in [0, 0.05) is 17.0 Å². The van der Waals surface area contributed by atoms with Crippen molar-refractivity contribution in [3.63, 3.8) is 0 Å². The molecule has 1 saturated heterocycles. The van der Waals surface area contributed by atoms with Crippen LogP contribution in [0.25, 0.3) is 5.57 Å². The molecule has 0 amide bonds. The normalized spacial score (nSPS) is 16.2. The third-order valence-electron chi connectivity index (χ3n) is 6.22. The largest absolute Gasteiger partial charge is 0.486 e. The molecule has 0 aliphatic carbocycles. The quantitative estimate of drug-likeness (QED) is 0.665. The van der Waals surface area contributed by atoms with Crippen LogP contribution >= 0.6 is 11.8 Å². The number of rotatable bonds is 6. The molecule has 0 aromatic heterocycles. The number of aryl methyl sites for hydroxylation is 2. The molecular weight excluding hydrogens is 416 g/mol. The lowest BCUT2D eigenvalue weighted by molar-refractivity contribution is 0.0400. The van der Waals surface area contributed by atoms with E-state index in [4.69, 9.17) is 10.5 Å². The molecule has 0 radical (unpaired) electrons. The van der Waals surface area contributed by atoms with Crippen LogP contribution in [0.3, 0.4) is 0 Å². The number of nitrogens with two attached hydrogens (primary N) is 1. The van der Waals surface area contributed by atoms with E-state index in [1.54, 1.807) is 0 Å². The second-order valence-electron chi connectivity index (χ2n) is 8.27. The van der Waals surface area contributed by atoms with Crippen LogP contribution in [0.2, 0.25) is 0 Å². The number of nitriles is 2. The number of thioether (sulfide) groups is 1. The van der Waals surface area contributed by atoms with Gasteiger partial charge < -0.3 is 15.4 Å². The summed E-state index contributed by atoms with van der Waals surface area (Å²) in [4.78, 5) is 2.11. The molecule has 32 heavy (non-hydrogen) atoms. The molecule has 2 heterocycles. The molecule has 0 bridgehead atoms. The fraction of sp³-hybridized carbons (Fsp3) is 0.308. The molecule has 2 aliphatic heterocycles. The first-order chi connectivity index (χ1) is 15.4. The fourth-order valence-electron chi connectivity index (χ4n) is 4.18. The molecule has 1 fully saturated rings. The Bertz CT molecular complexity index is 1170. The second-order valence-corrected chi connectivity index (χ2v) is 9.37. The third kappa shape index (κ3) is 4.12. The van der Waals surface area contributed by atoms with Gasteiger partial charge in [0.1, 0.15) is 11.9 Å². The number of allylic oxidation sites excluding steroid dienone is 1. The van der Waals surface area contributed by atoms with E-state index in [1.165, 1.54) is 11.1 Å². The fourth-order valence-corrected chi connectivity index (χ4v) is 5.22. The maximum Gasteiger partial charge on any atom is 0.133 e. The van der Waals surface area contributed by atoms with Crippen molar-refractivity contribution in [3.05, 3.63) is 82.6 Å². The molecular formula is C26H26N4OS. The van der Waals surface area contributed by atoms with Gasteiger partial charge in [0.2, 0.25) is 0 Å². The molecule has 2 N–H and O–H groups in total. The lowest BCUT2D eigenvalue weighted by Crippen LogP contribution is -2.54. The van der Waals surface area contributed by atoms with E-state index >= 15 is 0 Å². The Morgan fingerprint density at radius 2 is 2.03 bits per heavy atom. The highest BCUT2D eigenvalue weighted by molar-refractivity contribution is 7.98. The summed E-state index contributed by atoms with van der Waals surface area (Å²) in [5, 5.41) is 18.8. The highest BCUT2D eigenvalue weighted by atomic mass is 32.2. The third-order valence-corrected chi connectivity index (χ3v) is 7.20.